The van der Waals surface area contributed by atoms with Crippen LogP contribution >= 0.6 is 0 Å². The molecule has 1 aliphatic heterocycles. The topological polar surface area (TPSA) is 47.6 Å². The smallest absolute Gasteiger partial charge is 0.427 e. The van der Waals surface area contributed by atoms with Crippen LogP contribution in [0, 0.1) is 0 Å². The normalized spacial score (nSPS) is 22.1. The summed E-state index contributed by atoms with van der Waals surface area (Å²) in [6.07, 6.45) is 1.96. The largest absolute Gasteiger partial charge is 0.509 e. The predicted molar refractivity (Wildman–Crippen MR) is 72.8 cm³/mol. The standard InChI is InChI=1S/C15H21NO3/c1-2-6-13-14(19-15(17)18-13)9-10-16-11-12-7-4-3-5-8-12/h3-5,7-8,13-14,16H,2,6,9-11H2,1H3/t13-,14-/m1/s1. The molecule has 0 radical (unpaired) electrons. The van der Waals surface area contributed by atoms with E-state index in [0.717, 1.165) is 32.4 Å². The number of hydrogen-bond donors (Lipinski definition) is 1. The molecule has 19 heavy (non-hydrogen) atoms. The first-order chi connectivity index (χ1) is 9.29. The molecule has 1 aromatic carbocycles. The average Bonchev–Trinajstić information content (AvgIpc) is 2.77. The second kappa shape index (κ2) is 7.14. The fourth-order valence-corrected chi connectivity index (χ4v) is 2.27. The molecule has 0 amide bonds. The fraction of sp³-hybridized carbons (Fsp3) is 0.533. The van der Waals surface area contributed by atoms with Gasteiger partial charge in [-0.1, -0.05) is 43.7 Å². The Morgan fingerprint density at radius 2 is 1.79 bits per heavy atom. The van der Waals surface area contributed by atoms with Crippen LogP contribution in [0.1, 0.15) is 31.7 Å². The summed E-state index contributed by atoms with van der Waals surface area (Å²) in [7, 11) is 0. The van der Waals surface area contributed by atoms with Crippen LogP contribution in [0.4, 0.5) is 4.79 Å². The second-order valence-corrected chi connectivity index (χ2v) is 4.80. The molecule has 1 heterocycles. The van der Waals surface area contributed by atoms with E-state index in [4.69, 9.17) is 9.47 Å². The van der Waals surface area contributed by atoms with E-state index >= 15 is 0 Å². The molecule has 0 spiro atoms. The average molecular weight is 263 g/mol. The van der Waals surface area contributed by atoms with Crippen molar-refractivity contribution in [1.82, 2.24) is 5.32 Å². The number of nitrogens with one attached hydrogen (secondary N) is 1. The van der Waals surface area contributed by atoms with Crippen molar-refractivity contribution in [1.29, 1.82) is 0 Å². The van der Waals surface area contributed by atoms with Gasteiger partial charge in [-0.2, -0.15) is 0 Å². The highest BCUT2D eigenvalue weighted by atomic mass is 16.8. The van der Waals surface area contributed by atoms with E-state index in [1.807, 2.05) is 18.2 Å². The van der Waals surface area contributed by atoms with Gasteiger partial charge in [0.2, 0.25) is 0 Å². The van der Waals surface area contributed by atoms with Gasteiger partial charge in [-0.05, 0) is 18.5 Å². The molecular formula is C15H21NO3. The van der Waals surface area contributed by atoms with Crippen LogP contribution in [0.2, 0.25) is 0 Å². The molecule has 2 rings (SSSR count). The Kier molecular flexibility index (Phi) is 5.21. The van der Waals surface area contributed by atoms with Crippen molar-refractivity contribution < 1.29 is 14.3 Å². The van der Waals surface area contributed by atoms with E-state index < -0.39 is 6.16 Å². The Morgan fingerprint density at radius 3 is 2.47 bits per heavy atom. The number of carbonyl (C=O) groups excluding carboxylic acids is 1. The molecule has 4 heteroatoms. The molecule has 0 aromatic heterocycles. The van der Waals surface area contributed by atoms with Crippen LogP contribution in [-0.4, -0.2) is 24.9 Å². The van der Waals surface area contributed by atoms with Crippen molar-refractivity contribution >= 4 is 6.16 Å². The molecule has 104 valence electrons. The van der Waals surface area contributed by atoms with Crippen molar-refractivity contribution in [2.75, 3.05) is 6.54 Å². The molecule has 1 N–H and O–H groups in total. The van der Waals surface area contributed by atoms with E-state index in [2.05, 4.69) is 24.4 Å². The van der Waals surface area contributed by atoms with Crippen LogP contribution < -0.4 is 5.32 Å². The first-order valence-corrected chi connectivity index (χ1v) is 6.91. The van der Waals surface area contributed by atoms with E-state index in [-0.39, 0.29) is 12.2 Å². The molecule has 1 fully saturated rings. The highest BCUT2D eigenvalue weighted by Gasteiger charge is 2.35. The monoisotopic (exact) mass is 263 g/mol. The zero-order valence-corrected chi connectivity index (χ0v) is 11.3. The van der Waals surface area contributed by atoms with Gasteiger partial charge in [0, 0.05) is 13.0 Å². The lowest BCUT2D eigenvalue weighted by Gasteiger charge is -2.14. The molecule has 1 saturated heterocycles. The summed E-state index contributed by atoms with van der Waals surface area (Å²) >= 11 is 0. The first-order valence-electron chi connectivity index (χ1n) is 6.91. The number of cyclic esters (lactones) is 2. The molecule has 0 unspecified atom stereocenters. The van der Waals surface area contributed by atoms with Crippen LogP contribution in [0.25, 0.3) is 0 Å². The van der Waals surface area contributed by atoms with Gasteiger partial charge in [0.25, 0.3) is 0 Å². The van der Waals surface area contributed by atoms with E-state index in [1.54, 1.807) is 0 Å². The molecular weight excluding hydrogens is 242 g/mol. The Bertz CT molecular complexity index is 394. The zero-order valence-electron chi connectivity index (χ0n) is 11.3. The minimum Gasteiger partial charge on any atom is -0.427 e. The maximum atomic E-state index is 11.1. The van der Waals surface area contributed by atoms with Crippen LogP contribution in [0.15, 0.2) is 30.3 Å². The third kappa shape index (κ3) is 4.24. The van der Waals surface area contributed by atoms with Crippen LogP contribution in [0.5, 0.6) is 0 Å². The lowest BCUT2D eigenvalue weighted by molar-refractivity contribution is 0.114. The Morgan fingerprint density at radius 1 is 1.11 bits per heavy atom. The van der Waals surface area contributed by atoms with Gasteiger partial charge >= 0.3 is 6.16 Å². The summed E-state index contributed by atoms with van der Waals surface area (Å²) in [5, 5.41) is 3.36. The number of hydrogen-bond acceptors (Lipinski definition) is 4. The highest BCUT2D eigenvalue weighted by Crippen LogP contribution is 2.21. The van der Waals surface area contributed by atoms with Crippen molar-refractivity contribution in [3.8, 4) is 0 Å². The molecule has 0 aliphatic carbocycles. The summed E-state index contributed by atoms with van der Waals surface area (Å²) < 4.78 is 10.3. The number of ether oxygens (including phenoxy) is 2. The summed E-state index contributed by atoms with van der Waals surface area (Å²) in [5.41, 5.74) is 1.26. The van der Waals surface area contributed by atoms with E-state index in [1.165, 1.54) is 5.56 Å². The fourth-order valence-electron chi connectivity index (χ4n) is 2.27. The Hall–Kier alpha value is -1.55. The summed E-state index contributed by atoms with van der Waals surface area (Å²) in [6.45, 7) is 3.73. The van der Waals surface area contributed by atoms with Gasteiger partial charge in [0.1, 0.15) is 12.2 Å². The quantitative estimate of drug-likeness (QED) is 0.607. The van der Waals surface area contributed by atoms with Crippen molar-refractivity contribution in [2.45, 2.75) is 44.9 Å². The minimum absolute atomic E-state index is 0.0731. The molecule has 1 aromatic rings. The van der Waals surface area contributed by atoms with Gasteiger partial charge in [-0.15, -0.1) is 0 Å². The van der Waals surface area contributed by atoms with Crippen molar-refractivity contribution in [2.24, 2.45) is 0 Å². The lowest BCUT2D eigenvalue weighted by atomic mass is 10.1. The molecule has 4 nitrogen and oxygen atoms in total. The van der Waals surface area contributed by atoms with Gasteiger partial charge < -0.3 is 14.8 Å². The van der Waals surface area contributed by atoms with Crippen LogP contribution in [0.3, 0.4) is 0 Å². The SMILES string of the molecule is CCC[C@H]1OC(=O)O[C@@H]1CCNCc1ccccc1. The number of carbonyl (C=O) groups is 1. The highest BCUT2D eigenvalue weighted by molar-refractivity contribution is 5.62. The van der Waals surface area contributed by atoms with Crippen molar-refractivity contribution in [3.63, 3.8) is 0 Å². The van der Waals surface area contributed by atoms with E-state index in [0.29, 0.717) is 0 Å². The Balaban J connectivity index is 1.68. The van der Waals surface area contributed by atoms with Crippen LogP contribution in [-0.2, 0) is 16.0 Å². The van der Waals surface area contributed by atoms with Gasteiger partial charge in [-0.25, -0.2) is 4.79 Å². The predicted octanol–water partition coefficient (Wildman–Crippen LogP) is 2.87. The molecule has 2 atom stereocenters. The number of rotatable bonds is 7. The first kappa shape index (κ1) is 13.9. The van der Waals surface area contributed by atoms with Crippen molar-refractivity contribution in [3.05, 3.63) is 35.9 Å². The van der Waals surface area contributed by atoms with Gasteiger partial charge in [-0.3, -0.25) is 0 Å². The maximum absolute atomic E-state index is 11.1. The summed E-state index contributed by atoms with van der Waals surface area (Å²) in [6, 6.07) is 10.2. The molecule has 0 saturated carbocycles. The maximum Gasteiger partial charge on any atom is 0.509 e. The second-order valence-electron chi connectivity index (χ2n) is 4.80. The number of benzene rings is 1. The molecule has 1 aliphatic rings. The Labute approximate surface area is 114 Å². The zero-order chi connectivity index (χ0) is 13.5. The third-order valence-corrected chi connectivity index (χ3v) is 3.26. The van der Waals surface area contributed by atoms with E-state index in [9.17, 15) is 4.79 Å². The van der Waals surface area contributed by atoms with Gasteiger partial charge in [0.05, 0.1) is 0 Å². The van der Waals surface area contributed by atoms with Gasteiger partial charge in [0.15, 0.2) is 0 Å². The summed E-state index contributed by atoms with van der Waals surface area (Å²) in [4.78, 5) is 11.1. The summed E-state index contributed by atoms with van der Waals surface area (Å²) in [5.74, 6) is 0. The lowest BCUT2D eigenvalue weighted by Crippen LogP contribution is -2.27. The minimum atomic E-state index is -0.522. The molecule has 0 bridgehead atoms. The third-order valence-electron chi connectivity index (χ3n) is 3.26.